The van der Waals surface area contributed by atoms with E-state index < -0.39 is 15.8 Å². The molecule has 0 aromatic heterocycles. The van der Waals surface area contributed by atoms with Crippen molar-refractivity contribution in [3.8, 4) is 0 Å². The van der Waals surface area contributed by atoms with Crippen molar-refractivity contribution in [2.75, 3.05) is 13.1 Å². The van der Waals surface area contributed by atoms with Crippen molar-refractivity contribution in [2.45, 2.75) is 43.9 Å². The summed E-state index contributed by atoms with van der Waals surface area (Å²) in [5, 5.41) is 0. The molecule has 0 radical (unpaired) electrons. The van der Waals surface area contributed by atoms with E-state index in [1.54, 1.807) is 0 Å². The summed E-state index contributed by atoms with van der Waals surface area (Å²) in [4.78, 5) is 0.0508. The predicted molar refractivity (Wildman–Crippen MR) is 82.5 cm³/mol. The summed E-state index contributed by atoms with van der Waals surface area (Å²) < 4.78 is 41.0. The number of rotatable bonds is 4. The van der Waals surface area contributed by atoms with Crippen LogP contribution in [0.5, 0.6) is 0 Å². The molecular weight excluding hydrogens is 313 g/mol. The van der Waals surface area contributed by atoms with Gasteiger partial charge in [-0.05, 0) is 43.4 Å². The average Bonchev–Trinajstić information content (AvgIpc) is 2.49. The highest BCUT2D eigenvalue weighted by Gasteiger charge is 2.31. The molecule has 21 heavy (non-hydrogen) atoms. The maximum absolute atomic E-state index is 13.9. The Morgan fingerprint density at radius 1 is 1.43 bits per heavy atom. The van der Waals surface area contributed by atoms with Gasteiger partial charge in [0.05, 0.1) is 4.90 Å². The van der Waals surface area contributed by atoms with Crippen molar-refractivity contribution in [3.63, 3.8) is 0 Å². The molecule has 1 heterocycles. The molecule has 3 nitrogen and oxygen atoms in total. The Balaban J connectivity index is 2.41. The molecule has 1 aromatic carbocycles. The van der Waals surface area contributed by atoms with Crippen LogP contribution in [0.3, 0.4) is 0 Å². The summed E-state index contributed by atoms with van der Waals surface area (Å²) >= 11 is 5.73. The monoisotopic (exact) mass is 333 g/mol. The highest BCUT2D eigenvalue weighted by Crippen LogP contribution is 2.29. The number of hydrogen-bond acceptors (Lipinski definition) is 2. The number of sulfonamides is 1. The second-order valence-corrected chi connectivity index (χ2v) is 7.79. The molecule has 0 aliphatic carbocycles. The molecular formula is C15H21ClFNO2S. The van der Waals surface area contributed by atoms with Crippen LogP contribution in [0.1, 0.15) is 37.3 Å². The smallest absolute Gasteiger partial charge is 0.207 e. The number of halogens is 2. The fraction of sp³-hybridized carbons (Fsp3) is 0.600. The molecule has 1 aliphatic heterocycles. The summed E-state index contributed by atoms with van der Waals surface area (Å²) in [6.45, 7) is 4.59. The van der Waals surface area contributed by atoms with E-state index in [2.05, 4.69) is 6.92 Å². The van der Waals surface area contributed by atoms with Gasteiger partial charge in [0.1, 0.15) is 5.82 Å². The lowest BCUT2D eigenvalue weighted by Crippen LogP contribution is -2.40. The van der Waals surface area contributed by atoms with Crippen LogP contribution in [0.2, 0.25) is 0 Å². The zero-order valence-electron chi connectivity index (χ0n) is 12.4. The standard InChI is InChI=1S/C15H21ClFNO2S/c1-3-12-5-4-6-18(10-12)21(19,20)15-8-13(9-16)7-14(17)11(15)2/h7-8,12H,3-6,9-10H2,1-2H3. The van der Waals surface area contributed by atoms with E-state index in [-0.39, 0.29) is 16.3 Å². The van der Waals surface area contributed by atoms with Gasteiger partial charge in [-0.2, -0.15) is 4.31 Å². The molecule has 1 atom stereocenters. The SMILES string of the molecule is CCC1CCCN(S(=O)(=O)c2cc(CCl)cc(F)c2C)C1. The third-order valence-corrected chi connectivity index (χ3v) is 6.49. The average molecular weight is 334 g/mol. The number of piperidine rings is 1. The number of nitrogens with zero attached hydrogens (tertiary/aromatic N) is 1. The second-order valence-electron chi connectivity index (χ2n) is 5.61. The predicted octanol–water partition coefficient (Wildman–Crippen LogP) is 3.68. The van der Waals surface area contributed by atoms with E-state index in [0.29, 0.717) is 24.6 Å². The first kappa shape index (κ1) is 16.7. The molecule has 0 bridgehead atoms. The molecule has 1 unspecified atom stereocenters. The first-order chi connectivity index (χ1) is 9.90. The van der Waals surface area contributed by atoms with E-state index in [1.165, 1.54) is 23.4 Å². The largest absolute Gasteiger partial charge is 0.243 e. The summed E-state index contributed by atoms with van der Waals surface area (Å²) in [6, 6.07) is 2.79. The van der Waals surface area contributed by atoms with Crippen molar-refractivity contribution in [1.82, 2.24) is 4.31 Å². The van der Waals surface area contributed by atoms with Gasteiger partial charge < -0.3 is 0 Å². The van der Waals surface area contributed by atoms with E-state index in [1.807, 2.05) is 0 Å². The van der Waals surface area contributed by atoms with E-state index in [0.717, 1.165) is 19.3 Å². The Morgan fingerprint density at radius 3 is 2.76 bits per heavy atom. The van der Waals surface area contributed by atoms with Crippen molar-refractivity contribution in [1.29, 1.82) is 0 Å². The quantitative estimate of drug-likeness (QED) is 0.788. The zero-order valence-corrected chi connectivity index (χ0v) is 14.0. The normalized spacial score (nSPS) is 20.7. The van der Waals surface area contributed by atoms with Crippen LogP contribution in [-0.4, -0.2) is 25.8 Å². The van der Waals surface area contributed by atoms with Crippen molar-refractivity contribution in [3.05, 3.63) is 29.1 Å². The van der Waals surface area contributed by atoms with Crippen LogP contribution in [-0.2, 0) is 15.9 Å². The van der Waals surface area contributed by atoms with Gasteiger partial charge in [-0.25, -0.2) is 12.8 Å². The van der Waals surface area contributed by atoms with Gasteiger partial charge in [0, 0.05) is 24.5 Å². The van der Waals surface area contributed by atoms with Crippen molar-refractivity contribution < 1.29 is 12.8 Å². The van der Waals surface area contributed by atoms with Gasteiger partial charge in [0.25, 0.3) is 0 Å². The molecule has 1 aromatic rings. The Hall–Kier alpha value is -0.650. The Bertz CT molecular complexity index is 618. The van der Waals surface area contributed by atoms with Crippen LogP contribution in [0.4, 0.5) is 4.39 Å². The van der Waals surface area contributed by atoms with Crippen molar-refractivity contribution >= 4 is 21.6 Å². The first-order valence-corrected chi connectivity index (χ1v) is 9.22. The van der Waals surface area contributed by atoms with Crippen LogP contribution in [0.15, 0.2) is 17.0 Å². The van der Waals surface area contributed by atoms with Crippen LogP contribution < -0.4 is 0 Å². The third kappa shape index (κ3) is 3.41. The molecule has 0 amide bonds. The van der Waals surface area contributed by atoms with Gasteiger partial charge in [-0.15, -0.1) is 11.6 Å². The van der Waals surface area contributed by atoms with Crippen LogP contribution in [0, 0.1) is 18.7 Å². The molecule has 118 valence electrons. The lowest BCUT2D eigenvalue weighted by molar-refractivity contribution is 0.261. The summed E-state index contributed by atoms with van der Waals surface area (Å²) in [5.41, 5.74) is 0.657. The Kier molecular flexibility index (Phi) is 5.28. The Labute approximate surface area is 131 Å². The van der Waals surface area contributed by atoms with E-state index in [4.69, 9.17) is 11.6 Å². The highest BCUT2D eigenvalue weighted by molar-refractivity contribution is 7.89. The fourth-order valence-electron chi connectivity index (χ4n) is 2.77. The molecule has 2 rings (SSSR count). The summed E-state index contributed by atoms with van der Waals surface area (Å²) in [7, 11) is -3.66. The molecule has 1 saturated heterocycles. The van der Waals surface area contributed by atoms with Gasteiger partial charge in [-0.1, -0.05) is 13.3 Å². The lowest BCUT2D eigenvalue weighted by Gasteiger charge is -2.31. The molecule has 6 heteroatoms. The molecule has 0 saturated carbocycles. The minimum absolute atomic E-state index is 0.0508. The minimum Gasteiger partial charge on any atom is -0.207 e. The zero-order chi connectivity index (χ0) is 15.6. The first-order valence-electron chi connectivity index (χ1n) is 7.25. The maximum atomic E-state index is 13.9. The van der Waals surface area contributed by atoms with Crippen molar-refractivity contribution in [2.24, 2.45) is 5.92 Å². The van der Waals surface area contributed by atoms with Gasteiger partial charge in [0.15, 0.2) is 0 Å². The number of benzene rings is 1. The van der Waals surface area contributed by atoms with Gasteiger partial charge in [-0.3, -0.25) is 0 Å². The van der Waals surface area contributed by atoms with E-state index >= 15 is 0 Å². The molecule has 1 aliphatic rings. The maximum Gasteiger partial charge on any atom is 0.243 e. The molecule has 0 N–H and O–H groups in total. The van der Waals surface area contributed by atoms with E-state index in [9.17, 15) is 12.8 Å². The topological polar surface area (TPSA) is 37.4 Å². The van der Waals surface area contributed by atoms with Gasteiger partial charge in [0.2, 0.25) is 10.0 Å². The van der Waals surface area contributed by atoms with Crippen LogP contribution in [0.25, 0.3) is 0 Å². The fourth-order valence-corrected chi connectivity index (χ4v) is 4.76. The summed E-state index contributed by atoms with van der Waals surface area (Å²) in [6.07, 6.45) is 2.87. The van der Waals surface area contributed by atoms with Crippen LogP contribution >= 0.6 is 11.6 Å². The summed E-state index contributed by atoms with van der Waals surface area (Å²) in [5.74, 6) is -0.0391. The minimum atomic E-state index is -3.66. The third-order valence-electron chi connectivity index (χ3n) is 4.19. The highest BCUT2D eigenvalue weighted by atomic mass is 35.5. The Morgan fingerprint density at radius 2 is 2.14 bits per heavy atom. The van der Waals surface area contributed by atoms with Gasteiger partial charge >= 0.3 is 0 Å². The molecule has 0 spiro atoms. The number of hydrogen-bond donors (Lipinski definition) is 0. The second kappa shape index (κ2) is 6.63. The number of alkyl halides is 1. The lowest BCUT2D eigenvalue weighted by atomic mass is 9.97. The molecule has 1 fully saturated rings.